The van der Waals surface area contributed by atoms with Crippen molar-refractivity contribution in [1.82, 2.24) is 0 Å². The minimum absolute atomic E-state index is 0.0954. The first-order valence-electron chi connectivity index (χ1n) is 32.2. The molecule has 0 fully saturated rings. The molecule has 78 heavy (non-hydrogen) atoms. The van der Waals surface area contributed by atoms with Crippen molar-refractivity contribution in [3.63, 3.8) is 0 Å². The van der Waals surface area contributed by atoms with Crippen LogP contribution < -0.4 is 0 Å². The Morgan fingerprint density at radius 1 is 0.269 bits per heavy atom. The van der Waals surface area contributed by atoms with E-state index in [4.69, 9.17) is 14.2 Å². The van der Waals surface area contributed by atoms with E-state index in [9.17, 15) is 14.4 Å². The van der Waals surface area contributed by atoms with Crippen LogP contribution in [0.4, 0.5) is 0 Å². The molecular weight excluding hydrogens is 961 g/mol. The van der Waals surface area contributed by atoms with Crippen molar-refractivity contribution >= 4 is 17.9 Å². The van der Waals surface area contributed by atoms with Gasteiger partial charge in [-0.05, 0) is 135 Å². The lowest BCUT2D eigenvalue weighted by Gasteiger charge is -2.18. The van der Waals surface area contributed by atoms with Crippen molar-refractivity contribution in [1.29, 1.82) is 0 Å². The van der Waals surface area contributed by atoms with Crippen molar-refractivity contribution in [2.75, 3.05) is 13.2 Å². The summed E-state index contributed by atoms with van der Waals surface area (Å²) < 4.78 is 16.9. The highest BCUT2D eigenvalue weighted by Crippen LogP contribution is 2.15. The predicted molar refractivity (Wildman–Crippen MR) is 339 cm³/mol. The summed E-state index contributed by atoms with van der Waals surface area (Å²) in [5, 5.41) is 0. The van der Waals surface area contributed by atoms with Crippen LogP contribution in [-0.4, -0.2) is 37.2 Å². The van der Waals surface area contributed by atoms with E-state index in [2.05, 4.69) is 154 Å². The highest BCUT2D eigenvalue weighted by molar-refractivity contribution is 5.71. The molecule has 1 atom stereocenters. The van der Waals surface area contributed by atoms with Gasteiger partial charge in [0.05, 0.1) is 0 Å². The fourth-order valence-corrected chi connectivity index (χ4v) is 8.55. The molecule has 0 spiro atoms. The van der Waals surface area contributed by atoms with E-state index in [1.54, 1.807) is 0 Å². The fourth-order valence-electron chi connectivity index (χ4n) is 8.55. The van der Waals surface area contributed by atoms with Gasteiger partial charge in [-0.1, -0.05) is 264 Å². The summed E-state index contributed by atoms with van der Waals surface area (Å²) in [5.41, 5.74) is 0. The van der Waals surface area contributed by atoms with Crippen LogP contribution in [0.5, 0.6) is 0 Å². The van der Waals surface area contributed by atoms with Crippen LogP contribution in [0, 0.1) is 0 Å². The number of carbonyl (C=O) groups is 3. The lowest BCUT2D eigenvalue weighted by Crippen LogP contribution is -2.30. The Kier molecular flexibility index (Phi) is 61.4. The maximum absolute atomic E-state index is 12.9. The molecular formula is C72H118O6. The van der Waals surface area contributed by atoms with Gasteiger partial charge in [0.1, 0.15) is 13.2 Å². The highest BCUT2D eigenvalue weighted by Gasteiger charge is 2.19. The highest BCUT2D eigenvalue weighted by atomic mass is 16.6. The van der Waals surface area contributed by atoms with Crippen LogP contribution in [0.3, 0.4) is 0 Å². The summed E-state index contributed by atoms with van der Waals surface area (Å²) in [6, 6.07) is 0. The second kappa shape index (κ2) is 65.1. The largest absolute Gasteiger partial charge is 0.462 e. The molecule has 0 amide bonds. The minimum atomic E-state index is -0.799. The molecule has 0 aromatic heterocycles. The molecule has 0 N–H and O–H groups in total. The molecule has 0 rings (SSSR count). The van der Waals surface area contributed by atoms with Gasteiger partial charge in [-0.3, -0.25) is 14.4 Å². The van der Waals surface area contributed by atoms with Crippen molar-refractivity contribution < 1.29 is 28.6 Å². The fraction of sp³-hybridized carbons (Fsp3) is 0.653. The zero-order chi connectivity index (χ0) is 56.4. The van der Waals surface area contributed by atoms with Crippen molar-refractivity contribution in [3.05, 3.63) is 134 Å². The molecule has 0 aromatic rings. The third-order valence-corrected chi connectivity index (χ3v) is 13.3. The molecule has 6 heteroatoms. The van der Waals surface area contributed by atoms with Gasteiger partial charge in [0.25, 0.3) is 0 Å². The Morgan fingerprint density at radius 2 is 0.526 bits per heavy atom. The summed E-state index contributed by atoms with van der Waals surface area (Å²) in [6.07, 6.45) is 91.7. The van der Waals surface area contributed by atoms with Crippen LogP contribution in [-0.2, 0) is 28.6 Å². The lowest BCUT2D eigenvalue weighted by molar-refractivity contribution is -0.167. The standard InChI is InChI=1S/C72H118O6/c1-4-7-10-13-16-19-22-24-26-28-30-32-34-35-36-37-39-40-42-44-46-48-50-53-56-59-62-65-71(74)77-68-69(67-76-70(73)64-61-58-55-52-21-18-15-12-9-6-3)78-72(75)66-63-60-57-54-51-49-47-45-43-41-38-33-31-29-27-25-23-20-17-14-11-8-5-2/h7,10,12,15-16,19,23-26,29-32,35-36,38-41,44,46,69H,4-6,8-9,11,13-14,17-18,20-22,27-28,33-34,37,42-43,45,47-68H2,1-3H3/b10-7-,15-12-,19-16-,25-23-,26-24-,31-29-,32-30-,36-35-,40-39-,41-38-,46-44-. The zero-order valence-electron chi connectivity index (χ0n) is 50.6. The van der Waals surface area contributed by atoms with E-state index in [1.807, 2.05) is 0 Å². The van der Waals surface area contributed by atoms with Gasteiger partial charge in [0, 0.05) is 19.3 Å². The first kappa shape index (κ1) is 73.5. The number of ether oxygens (including phenoxy) is 3. The third kappa shape index (κ3) is 62.4. The monoisotopic (exact) mass is 1080 g/mol. The summed E-state index contributed by atoms with van der Waals surface area (Å²) in [4.78, 5) is 38.2. The molecule has 0 aliphatic rings. The molecule has 442 valence electrons. The van der Waals surface area contributed by atoms with E-state index in [1.165, 1.54) is 83.5 Å². The van der Waals surface area contributed by atoms with E-state index >= 15 is 0 Å². The number of hydrogen-bond acceptors (Lipinski definition) is 6. The Bertz CT molecular complexity index is 1670. The number of rotatable bonds is 57. The first-order valence-corrected chi connectivity index (χ1v) is 32.2. The molecule has 1 unspecified atom stereocenters. The van der Waals surface area contributed by atoms with E-state index in [0.29, 0.717) is 19.3 Å². The normalized spacial score (nSPS) is 13.0. The number of allylic oxidation sites excluding steroid dienone is 22. The maximum Gasteiger partial charge on any atom is 0.306 e. The number of unbranched alkanes of at least 4 members (excludes halogenated alkanes) is 24. The van der Waals surface area contributed by atoms with Crippen LogP contribution in [0.2, 0.25) is 0 Å². The average molecular weight is 1080 g/mol. The molecule has 0 aliphatic carbocycles. The number of carbonyl (C=O) groups excluding carboxylic acids is 3. The molecule has 0 radical (unpaired) electrons. The van der Waals surface area contributed by atoms with Crippen molar-refractivity contribution in [2.45, 2.75) is 290 Å². The molecule has 0 saturated heterocycles. The SMILES string of the molecule is CC/C=C\C/C=C\C/C=C\C/C=C\C/C=C\C/C=C\C/C=C\CCCCCCCC(=O)OCC(COC(=O)CCCCCCC/C=C\CCC)OC(=O)CCCCCCCCCC/C=C\C/C=C\C/C=C\CCCCCCC. The zero-order valence-corrected chi connectivity index (χ0v) is 50.6. The third-order valence-electron chi connectivity index (χ3n) is 13.3. The summed E-state index contributed by atoms with van der Waals surface area (Å²) in [5.74, 6) is -0.932. The van der Waals surface area contributed by atoms with Gasteiger partial charge in [0.15, 0.2) is 6.10 Å². The summed E-state index contributed by atoms with van der Waals surface area (Å²) in [7, 11) is 0. The topological polar surface area (TPSA) is 78.9 Å². The van der Waals surface area contributed by atoms with Crippen LogP contribution in [0.15, 0.2) is 134 Å². The minimum Gasteiger partial charge on any atom is -0.462 e. The Morgan fingerprint density at radius 3 is 0.846 bits per heavy atom. The smallest absolute Gasteiger partial charge is 0.306 e. The van der Waals surface area contributed by atoms with Crippen LogP contribution in [0.1, 0.15) is 284 Å². The second-order valence-corrected chi connectivity index (χ2v) is 20.9. The van der Waals surface area contributed by atoms with Crippen LogP contribution in [0.25, 0.3) is 0 Å². The van der Waals surface area contributed by atoms with Crippen molar-refractivity contribution in [3.8, 4) is 0 Å². The maximum atomic E-state index is 12.9. The Hall–Kier alpha value is -4.45. The van der Waals surface area contributed by atoms with E-state index in [-0.39, 0.29) is 31.1 Å². The molecule has 6 nitrogen and oxygen atoms in total. The number of hydrogen-bond donors (Lipinski definition) is 0. The summed E-state index contributed by atoms with van der Waals surface area (Å²) >= 11 is 0. The van der Waals surface area contributed by atoms with Gasteiger partial charge >= 0.3 is 17.9 Å². The quantitative estimate of drug-likeness (QED) is 0.0261. The van der Waals surface area contributed by atoms with Crippen LogP contribution >= 0.6 is 0 Å². The molecule has 0 aromatic carbocycles. The van der Waals surface area contributed by atoms with Gasteiger partial charge < -0.3 is 14.2 Å². The van der Waals surface area contributed by atoms with E-state index in [0.717, 1.165) is 161 Å². The second-order valence-electron chi connectivity index (χ2n) is 20.9. The number of esters is 3. The van der Waals surface area contributed by atoms with Gasteiger partial charge in [0.2, 0.25) is 0 Å². The molecule has 0 heterocycles. The molecule has 0 saturated carbocycles. The Labute approximate surface area is 481 Å². The molecule has 0 bridgehead atoms. The van der Waals surface area contributed by atoms with Gasteiger partial charge in [-0.25, -0.2) is 0 Å². The average Bonchev–Trinajstić information content (AvgIpc) is 3.44. The lowest BCUT2D eigenvalue weighted by atomic mass is 10.1. The Balaban J connectivity index is 4.34. The first-order chi connectivity index (χ1) is 38.5. The van der Waals surface area contributed by atoms with Gasteiger partial charge in [-0.15, -0.1) is 0 Å². The van der Waals surface area contributed by atoms with Gasteiger partial charge in [-0.2, -0.15) is 0 Å². The summed E-state index contributed by atoms with van der Waals surface area (Å²) in [6.45, 7) is 6.43. The van der Waals surface area contributed by atoms with Crippen molar-refractivity contribution in [2.24, 2.45) is 0 Å². The molecule has 0 aliphatic heterocycles. The van der Waals surface area contributed by atoms with E-state index < -0.39 is 6.10 Å². The predicted octanol–water partition coefficient (Wildman–Crippen LogP) is 22.2.